The fraction of sp³-hybridized carbons (Fsp3) is 0.438. The SMILES string of the molecule is CCOC(=O)c1c(-n2cccc2)sc2c1CCN(CC)C2. The Morgan fingerprint density at radius 2 is 2.10 bits per heavy atom. The van der Waals surface area contributed by atoms with E-state index in [0.29, 0.717) is 6.61 Å². The Hall–Kier alpha value is -1.59. The molecule has 2 aromatic rings. The Kier molecular flexibility index (Phi) is 4.12. The van der Waals surface area contributed by atoms with Crippen molar-refractivity contribution in [3.8, 4) is 5.00 Å². The number of nitrogens with zero attached hydrogens (tertiary/aromatic N) is 2. The largest absolute Gasteiger partial charge is 0.462 e. The molecule has 3 heterocycles. The number of hydrogen-bond donors (Lipinski definition) is 0. The highest BCUT2D eigenvalue weighted by atomic mass is 32.1. The number of ether oxygens (including phenoxy) is 1. The maximum atomic E-state index is 12.4. The van der Waals surface area contributed by atoms with Crippen LogP contribution in [0.5, 0.6) is 0 Å². The summed E-state index contributed by atoms with van der Waals surface area (Å²) in [4.78, 5) is 16.1. The molecule has 21 heavy (non-hydrogen) atoms. The zero-order chi connectivity index (χ0) is 14.8. The fourth-order valence-corrected chi connectivity index (χ4v) is 4.12. The summed E-state index contributed by atoms with van der Waals surface area (Å²) < 4.78 is 7.30. The van der Waals surface area contributed by atoms with Crippen molar-refractivity contribution in [2.45, 2.75) is 26.8 Å². The van der Waals surface area contributed by atoms with Crippen molar-refractivity contribution in [3.05, 3.63) is 40.5 Å². The molecule has 3 rings (SSSR count). The standard InChI is InChI=1S/C16H20N2O2S/c1-3-17-10-7-12-13(11-17)21-15(18-8-5-6-9-18)14(12)16(19)20-4-2/h5-6,8-9H,3-4,7,10-11H2,1-2H3. The number of likely N-dealkylation sites (N-methyl/N-ethyl adjacent to an activating group) is 1. The molecule has 2 aromatic heterocycles. The van der Waals surface area contributed by atoms with Crippen molar-refractivity contribution in [3.63, 3.8) is 0 Å². The molecule has 1 aliphatic heterocycles. The van der Waals surface area contributed by atoms with Crippen LogP contribution in [0.15, 0.2) is 24.5 Å². The van der Waals surface area contributed by atoms with Gasteiger partial charge in [0.1, 0.15) is 5.00 Å². The van der Waals surface area contributed by atoms with Crippen LogP contribution in [0.1, 0.15) is 34.6 Å². The minimum absolute atomic E-state index is 0.191. The summed E-state index contributed by atoms with van der Waals surface area (Å²) in [5.74, 6) is -0.191. The van der Waals surface area contributed by atoms with Crippen LogP contribution >= 0.6 is 11.3 Å². The topological polar surface area (TPSA) is 34.5 Å². The van der Waals surface area contributed by atoms with Crippen molar-refractivity contribution in [2.24, 2.45) is 0 Å². The lowest BCUT2D eigenvalue weighted by Crippen LogP contribution is -2.30. The molecule has 112 valence electrons. The van der Waals surface area contributed by atoms with Crippen molar-refractivity contribution in [2.75, 3.05) is 19.7 Å². The first-order chi connectivity index (χ1) is 10.2. The first kappa shape index (κ1) is 14.4. The molecule has 0 spiro atoms. The van der Waals surface area contributed by atoms with Crippen LogP contribution in [0.2, 0.25) is 0 Å². The van der Waals surface area contributed by atoms with Crippen molar-refractivity contribution < 1.29 is 9.53 Å². The molecule has 0 unspecified atom stereocenters. The highest BCUT2D eigenvalue weighted by molar-refractivity contribution is 7.15. The number of carbonyl (C=O) groups is 1. The molecular formula is C16H20N2O2S. The molecule has 0 aliphatic carbocycles. The van der Waals surface area contributed by atoms with Crippen molar-refractivity contribution in [1.82, 2.24) is 9.47 Å². The van der Waals surface area contributed by atoms with E-state index in [4.69, 9.17) is 4.74 Å². The van der Waals surface area contributed by atoms with E-state index in [1.165, 1.54) is 10.4 Å². The van der Waals surface area contributed by atoms with E-state index >= 15 is 0 Å². The van der Waals surface area contributed by atoms with E-state index in [0.717, 1.165) is 36.6 Å². The van der Waals surface area contributed by atoms with E-state index in [9.17, 15) is 4.79 Å². The smallest absolute Gasteiger partial charge is 0.341 e. The number of thiophene rings is 1. The normalized spacial score (nSPS) is 15.0. The van der Waals surface area contributed by atoms with Gasteiger partial charge in [-0.2, -0.15) is 0 Å². The molecule has 0 saturated carbocycles. The van der Waals surface area contributed by atoms with Crippen LogP contribution in [-0.2, 0) is 17.7 Å². The third-order valence-corrected chi connectivity index (χ3v) is 5.11. The van der Waals surface area contributed by atoms with E-state index in [1.807, 2.05) is 36.0 Å². The molecule has 0 bridgehead atoms. The molecule has 0 aromatic carbocycles. The van der Waals surface area contributed by atoms with Gasteiger partial charge in [-0.15, -0.1) is 11.3 Å². The van der Waals surface area contributed by atoms with Gasteiger partial charge in [-0.3, -0.25) is 4.90 Å². The van der Waals surface area contributed by atoms with E-state index < -0.39 is 0 Å². The minimum atomic E-state index is -0.191. The predicted octanol–water partition coefficient (Wildman–Crippen LogP) is 3.09. The number of fused-ring (bicyclic) bond motifs is 1. The molecule has 0 amide bonds. The van der Waals surface area contributed by atoms with Gasteiger partial charge >= 0.3 is 5.97 Å². The van der Waals surface area contributed by atoms with Gasteiger partial charge in [-0.25, -0.2) is 4.79 Å². The highest BCUT2D eigenvalue weighted by Crippen LogP contribution is 2.36. The van der Waals surface area contributed by atoms with E-state index in [-0.39, 0.29) is 5.97 Å². The highest BCUT2D eigenvalue weighted by Gasteiger charge is 2.28. The third-order valence-electron chi connectivity index (χ3n) is 3.88. The predicted molar refractivity (Wildman–Crippen MR) is 84.3 cm³/mol. The van der Waals surface area contributed by atoms with Gasteiger partial charge in [-0.05, 0) is 37.6 Å². The number of rotatable bonds is 4. The summed E-state index contributed by atoms with van der Waals surface area (Å²) in [5.41, 5.74) is 1.95. The molecule has 0 fully saturated rings. The molecule has 0 N–H and O–H groups in total. The average Bonchev–Trinajstić information content (AvgIpc) is 3.13. The quantitative estimate of drug-likeness (QED) is 0.814. The maximum Gasteiger partial charge on any atom is 0.341 e. The molecule has 1 aliphatic rings. The first-order valence-corrected chi connectivity index (χ1v) is 8.23. The summed E-state index contributed by atoms with van der Waals surface area (Å²) in [5, 5.41) is 0.987. The summed E-state index contributed by atoms with van der Waals surface area (Å²) in [6.07, 6.45) is 4.89. The van der Waals surface area contributed by atoms with Crippen LogP contribution in [-0.4, -0.2) is 35.1 Å². The van der Waals surface area contributed by atoms with Crippen LogP contribution in [0.4, 0.5) is 0 Å². The second-order valence-corrected chi connectivity index (χ2v) is 6.20. The van der Waals surface area contributed by atoms with Crippen LogP contribution in [0, 0.1) is 0 Å². The second kappa shape index (κ2) is 6.03. The van der Waals surface area contributed by atoms with Gasteiger partial charge in [0.05, 0.1) is 12.2 Å². The van der Waals surface area contributed by atoms with Gasteiger partial charge in [0.2, 0.25) is 0 Å². The Balaban J connectivity index is 2.07. The van der Waals surface area contributed by atoms with E-state index in [2.05, 4.69) is 11.8 Å². The van der Waals surface area contributed by atoms with Crippen LogP contribution in [0.25, 0.3) is 5.00 Å². The Morgan fingerprint density at radius 3 is 2.76 bits per heavy atom. The Bertz CT molecular complexity index is 631. The van der Waals surface area contributed by atoms with Gasteiger partial charge in [0, 0.05) is 30.4 Å². The average molecular weight is 304 g/mol. The molecule has 0 radical (unpaired) electrons. The third kappa shape index (κ3) is 2.63. The molecule has 0 atom stereocenters. The number of aromatic nitrogens is 1. The maximum absolute atomic E-state index is 12.4. The van der Waals surface area contributed by atoms with Gasteiger partial charge in [0.25, 0.3) is 0 Å². The lowest BCUT2D eigenvalue weighted by Gasteiger charge is -2.25. The molecular weight excluding hydrogens is 284 g/mol. The van der Waals surface area contributed by atoms with Gasteiger partial charge < -0.3 is 9.30 Å². The van der Waals surface area contributed by atoms with Crippen LogP contribution in [0.3, 0.4) is 0 Å². The number of carbonyl (C=O) groups excluding carboxylic acids is 1. The Labute approximate surface area is 128 Å². The van der Waals surface area contributed by atoms with Gasteiger partial charge in [0.15, 0.2) is 0 Å². The van der Waals surface area contributed by atoms with Gasteiger partial charge in [-0.1, -0.05) is 6.92 Å². The monoisotopic (exact) mass is 304 g/mol. The number of esters is 1. The number of hydrogen-bond acceptors (Lipinski definition) is 4. The van der Waals surface area contributed by atoms with Crippen molar-refractivity contribution >= 4 is 17.3 Å². The second-order valence-electron chi connectivity index (χ2n) is 5.11. The molecule has 0 saturated heterocycles. The Morgan fingerprint density at radius 1 is 1.33 bits per heavy atom. The van der Waals surface area contributed by atoms with Crippen molar-refractivity contribution in [1.29, 1.82) is 0 Å². The summed E-state index contributed by atoms with van der Waals surface area (Å²) in [6.45, 7) is 7.44. The fourth-order valence-electron chi connectivity index (χ4n) is 2.78. The summed E-state index contributed by atoms with van der Waals surface area (Å²) >= 11 is 1.71. The molecule has 4 nitrogen and oxygen atoms in total. The minimum Gasteiger partial charge on any atom is -0.462 e. The lowest BCUT2D eigenvalue weighted by atomic mass is 10.0. The zero-order valence-corrected chi connectivity index (χ0v) is 13.3. The zero-order valence-electron chi connectivity index (χ0n) is 12.5. The van der Waals surface area contributed by atoms with Crippen LogP contribution < -0.4 is 0 Å². The van der Waals surface area contributed by atoms with E-state index in [1.54, 1.807) is 11.3 Å². The summed E-state index contributed by atoms with van der Waals surface area (Å²) in [6, 6.07) is 3.96. The molecule has 5 heteroatoms. The lowest BCUT2D eigenvalue weighted by molar-refractivity contribution is 0.0525. The first-order valence-electron chi connectivity index (χ1n) is 7.42. The summed E-state index contributed by atoms with van der Waals surface area (Å²) in [7, 11) is 0.